The van der Waals surface area contributed by atoms with Crippen LogP contribution in [0, 0.1) is 11.3 Å². The number of nitrogens with zero attached hydrogens (tertiary/aromatic N) is 7. The fourth-order valence-corrected chi connectivity index (χ4v) is 10.8. The topological polar surface area (TPSA) is 110 Å². The van der Waals surface area contributed by atoms with Crippen LogP contribution in [-0.2, 0) is 23.2 Å². The second-order valence-electron chi connectivity index (χ2n) is 16.0. The largest absolute Gasteiger partial charge is 0.466 e. The Kier molecular flexibility index (Phi) is 11.0. The van der Waals surface area contributed by atoms with E-state index in [9.17, 15) is 14.8 Å². The number of piperidine rings is 1. The van der Waals surface area contributed by atoms with Crippen molar-refractivity contribution in [3.8, 4) is 18.0 Å². The number of piperazine rings is 1. The summed E-state index contributed by atoms with van der Waals surface area (Å²) >= 11 is 3.85. The number of hydrogen-bond donors (Lipinski definition) is 1. The predicted molar refractivity (Wildman–Crippen MR) is 203 cm³/mol. The Morgan fingerprint density at radius 3 is 2.81 bits per heavy atom. The van der Waals surface area contributed by atoms with E-state index in [1.165, 1.54) is 11.1 Å². The van der Waals surface area contributed by atoms with E-state index in [1.807, 2.05) is 17.1 Å². The minimum Gasteiger partial charge on any atom is -0.466 e. The van der Waals surface area contributed by atoms with E-state index in [0.717, 1.165) is 99.8 Å². The summed E-state index contributed by atoms with van der Waals surface area (Å²) in [5.41, 5.74) is 2.64. The van der Waals surface area contributed by atoms with Gasteiger partial charge in [-0.2, -0.15) is 15.2 Å². The van der Waals surface area contributed by atoms with Gasteiger partial charge >= 0.3 is 6.01 Å². The van der Waals surface area contributed by atoms with Gasteiger partial charge in [-0.15, -0.1) is 0 Å². The molecule has 2 aromatic rings. The van der Waals surface area contributed by atoms with Crippen molar-refractivity contribution in [3.05, 3.63) is 51.5 Å². The van der Waals surface area contributed by atoms with Crippen LogP contribution in [0.3, 0.4) is 0 Å². The smallest absolute Gasteiger partial charge is 0.321 e. The molecule has 4 saturated heterocycles. The average molecular weight is 795 g/mol. The number of hydrogen-bond acceptors (Lipinski definition) is 11. The van der Waals surface area contributed by atoms with Crippen molar-refractivity contribution in [1.82, 2.24) is 24.7 Å². The number of benzene rings is 1. The average Bonchev–Trinajstić information content (AvgIpc) is 3.69. The van der Waals surface area contributed by atoms with E-state index >= 15 is 0 Å². The fraction of sp³-hybridized carbons (Fsp3) is 0.675. The second-order valence-corrected chi connectivity index (χ2v) is 16.8. The number of aromatic nitrogens is 2. The van der Waals surface area contributed by atoms with Gasteiger partial charge in [0.25, 0.3) is 0 Å². The first-order valence-corrected chi connectivity index (χ1v) is 20.5. The minimum absolute atomic E-state index is 0.205. The number of likely N-dealkylation sites (tertiary alicyclic amines) is 1. The molecule has 1 aromatic heterocycles. The van der Waals surface area contributed by atoms with Gasteiger partial charge < -0.3 is 24.2 Å². The Hall–Kier alpha value is -2.86. The Morgan fingerprint density at radius 1 is 1.11 bits per heavy atom. The quantitative estimate of drug-likeness (QED) is 0.323. The van der Waals surface area contributed by atoms with E-state index in [4.69, 9.17) is 24.2 Å². The first-order chi connectivity index (χ1) is 25.8. The summed E-state index contributed by atoms with van der Waals surface area (Å²) in [4.78, 5) is 18.9. The van der Waals surface area contributed by atoms with Crippen molar-refractivity contribution in [2.45, 2.75) is 106 Å². The molecule has 11 nitrogen and oxygen atoms in total. The molecule has 2 unspecified atom stereocenters. The predicted octanol–water partition coefficient (Wildman–Crippen LogP) is 5.14. The maximum absolute atomic E-state index is 14.7. The van der Waals surface area contributed by atoms with Crippen molar-refractivity contribution in [3.63, 3.8) is 0 Å². The van der Waals surface area contributed by atoms with Gasteiger partial charge in [-0.3, -0.25) is 14.7 Å². The highest BCUT2D eigenvalue weighted by Gasteiger charge is 2.50. The number of alkyl halides is 1. The number of nitriles is 1. The molecule has 1 N–H and O–H groups in total. The number of fused-ring (bicyclic) bond motifs is 4. The highest BCUT2D eigenvalue weighted by atomic mass is 79.9. The molecule has 13 heteroatoms. The van der Waals surface area contributed by atoms with Crippen LogP contribution in [0.1, 0.15) is 74.5 Å². The Labute approximate surface area is 321 Å². The third-order valence-electron chi connectivity index (χ3n) is 12.8. The molecule has 0 saturated carbocycles. The number of ether oxygens (including phenoxy) is 3. The summed E-state index contributed by atoms with van der Waals surface area (Å²) < 4.78 is 34.8. The first-order valence-electron chi connectivity index (χ1n) is 19.7. The van der Waals surface area contributed by atoms with Crippen molar-refractivity contribution >= 4 is 21.7 Å². The molecular formula is C40H53BrFN7O4. The lowest BCUT2D eigenvalue weighted by Gasteiger charge is -2.45. The third-order valence-corrected chi connectivity index (χ3v) is 13.5. The molecule has 5 atom stereocenters. The molecule has 8 rings (SSSR count). The Balaban J connectivity index is 1.04. The number of aliphatic hydroxyl groups excluding tert-OH is 1. The van der Waals surface area contributed by atoms with Crippen molar-refractivity contribution < 1.29 is 23.7 Å². The maximum atomic E-state index is 14.7. The molecule has 6 aliphatic rings. The number of aliphatic hydroxyl groups is 1. The molecule has 0 bridgehead atoms. The van der Waals surface area contributed by atoms with Gasteiger partial charge in [-0.1, -0.05) is 34.1 Å². The first kappa shape index (κ1) is 37.1. The molecule has 1 spiro atoms. The van der Waals surface area contributed by atoms with Crippen LogP contribution in [-0.4, -0.2) is 126 Å². The second kappa shape index (κ2) is 15.7. The van der Waals surface area contributed by atoms with Gasteiger partial charge in [0.15, 0.2) is 0 Å². The summed E-state index contributed by atoms with van der Waals surface area (Å²) in [5.74, 6) is 1.32. The van der Waals surface area contributed by atoms with E-state index in [2.05, 4.69) is 54.9 Å². The Morgan fingerprint density at radius 2 is 1.98 bits per heavy atom. The lowest BCUT2D eigenvalue weighted by Crippen LogP contribution is -2.56. The molecule has 1 aromatic carbocycles. The van der Waals surface area contributed by atoms with Crippen molar-refractivity contribution in [2.75, 3.05) is 71.0 Å². The van der Waals surface area contributed by atoms with Crippen LogP contribution in [0.4, 0.5) is 10.2 Å². The molecule has 1 aliphatic carbocycles. The van der Waals surface area contributed by atoms with Crippen LogP contribution in [0.25, 0.3) is 0 Å². The summed E-state index contributed by atoms with van der Waals surface area (Å²) in [6, 6.07) is 8.81. The van der Waals surface area contributed by atoms with Crippen LogP contribution >= 0.6 is 15.9 Å². The molecule has 4 fully saturated rings. The monoisotopic (exact) mass is 793 g/mol. The van der Waals surface area contributed by atoms with Gasteiger partial charge in [0.2, 0.25) is 5.88 Å². The summed E-state index contributed by atoms with van der Waals surface area (Å²) in [6.07, 6.45) is 11.8. The molecule has 286 valence electrons. The number of halogens is 2. The van der Waals surface area contributed by atoms with Crippen LogP contribution in [0.15, 0.2) is 34.8 Å². The van der Waals surface area contributed by atoms with Crippen LogP contribution in [0.5, 0.6) is 11.9 Å². The minimum atomic E-state index is -0.848. The Bertz CT molecular complexity index is 1700. The SMILES string of the molecule is COC1CCN(C/C=C/C(O)N2CCN(c3nc(OC[C@@]45CCCN4C[C@H](F)C5)nc4c3CCC3(CCCc5cccc(Br)c53)O4)C[C@@H]2CC#N)CC1. The van der Waals surface area contributed by atoms with Gasteiger partial charge in [0.05, 0.1) is 29.7 Å². The molecule has 5 aliphatic heterocycles. The van der Waals surface area contributed by atoms with Gasteiger partial charge in [0, 0.05) is 75.4 Å². The normalized spacial score (nSPS) is 30.2. The zero-order chi connectivity index (χ0) is 36.6. The van der Waals surface area contributed by atoms with Gasteiger partial charge in [-0.05, 0) is 82.0 Å². The van der Waals surface area contributed by atoms with E-state index in [1.54, 1.807) is 7.11 Å². The molecule has 53 heavy (non-hydrogen) atoms. The molecule has 0 radical (unpaired) electrons. The van der Waals surface area contributed by atoms with Crippen molar-refractivity contribution in [1.29, 1.82) is 5.26 Å². The number of rotatable bonds is 10. The lowest BCUT2D eigenvalue weighted by atomic mass is 9.75. The number of methoxy groups -OCH3 is 1. The van der Waals surface area contributed by atoms with Gasteiger partial charge in [-0.25, -0.2) is 4.39 Å². The van der Waals surface area contributed by atoms with E-state index in [0.29, 0.717) is 51.2 Å². The standard InChI is InChI=1S/C40H53BrFN7O4/c1-51-31-12-20-46(21-13-31)18-4-9-34(50)49-23-22-47(26-30(49)11-17-43)36-32-10-16-40(15-3-7-28-6-2-8-33(41)35(28)40)53-37(32)45-38(44-36)52-27-39-14-5-19-48(39)25-29(42)24-39/h2,4,6,8-9,29-31,34,50H,3,5,7,10-16,18-27H2,1H3/b9-4+/t29-,30+,34?,39+,40?/m1/s1. The van der Waals surface area contributed by atoms with Crippen LogP contribution < -0.4 is 14.4 Å². The maximum Gasteiger partial charge on any atom is 0.321 e. The summed E-state index contributed by atoms with van der Waals surface area (Å²) in [7, 11) is 1.78. The molecule has 0 amide bonds. The van der Waals surface area contributed by atoms with Crippen molar-refractivity contribution in [2.24, 2.45) is 0 Å². The highest BCUT2D eigenvalue weighted by Crippen LogP contribution is 2.50. The summed E-state index contributed by atoms with van der Waals surface area (Å²) in [5, 5.41) is 21.3. The summed E-state index contributed by atoms with van der Waals surface area (Å²) in [6.45, 7) is 6.11. The zero-order valence-corrected chi connectivity index (χ0v) is 32.5. The molecule has 6 heterocycles. The van der Waals surface area contributed by atoms with E-state index in [-0.39, 0.29) is 24.0 Å². The number of aryl methyl sites for hydroxylation is 1. The third kappa shape index (κ3) is 7.44. The van der Waals surface area contributed by atoms with E-state index < -0.39 is 18.0 Å². The zero-order valence-electron chi connectivity index (χ0n) is 30.9. The molecular weight excluding hydrogens is 741 g/mol. The number of anilines is 1. The fourth-order valence-electron chi connectivity index (χ4n) is 10.1. The van der Waals surface area contributed by atoms with Crippen LogP contribution in [0.2, 0.25) is 0 Å². The highest BCUT2D eigenvalue weighted by molar-refractivity contribution is 9.10. The van der Waals surface area contributed by atoms with Gasteiger partial charge in [0.1, 0.15) is 30.4 Å². The lowest BCUT2D eigenvalue weighted by molar-refractivity contribution is 0.00308.